The summed E-state index contributed by atoms with van der Waals surface area (Å²) in [6.45, 7) is 5.08. The van der Waals surface area contributed by atoms with Crippen molar-refractivity contribution in [3.05, 3.63) is 58.1 Å². The standard InChI is InChI=1S/C19H21NO6S/c1-11-7-12(2)18(13(3)8-11)16(21)10-26-19(22)15-9-14(27(20,23)24)5-6-17(15)25-4/h5-9H,10H2,1-4H3,(H2,20,23,24). The number of hydrogen-bond acceptors (Lipinski definition) is 6. The van der Waals surface area contributed by atoms with E-state index in [0.29, 0.717) is 5.56 Å². The van der Waals surface area contributed by atoms with Crippen molar-refractivity contribution in [1.29, 1.82) is 0 Å². The van der Waals surface area contributed by atoms with Crippen molar-refractivity contribution in [3.63, 3.8) is 0 Å². The molecule has 0 aromatic heterocycles. The van der Waals surface area contributed by atoms with Crippen LogP contribution in [0.1, 0.15) is 37.4 Å². The lowest BCUT2D eigenvalue weighted by Gasteiger charge is -2.12. The van der Waals surface area contributed by atoms with Gasteiger partial charge in [0.15, 0.2) is 6.61 Å². The molecule has 2 aromatic rings. The van der Waals surface area contributed by atoms with Crippen molar-refractivity contribution in [2.45, 2.75) is 25.7 Å². The van der Waals surface area contributed by atoms with E-state index >= 15 is 0 Å². The van der Waals surface area contributed by atoms with Crippen molar-refractivity contribution in [1.82, 2.24) is 0 Å². The van der Waals surface area contributed by atoms with Crippen LogP contribution in [0.25, 0.3) is 0 Å². The van der Waals surface area contributed by atoms with Gasteiger partial charge >= 0.3 is 5.97 Å². The molecular formula is C19H21NO6S. The molecule has 0 bridgehead atoms. The van der Waals surface area contributed by atoms with Gasteiger partial charge in [0.1, 0.15) is 11.3 Å². The number of ether oxygens (including phenoxy) is 2. The van der Waals surface area contributed by atoms with Gasteiger partial charge in [0.05, 0.1) is 12.0 Å². The van der Waals surface area contributed by atoms with Crippen LogP contribution in [0.2, 0.25) is 0 Å². The van der Waals surface area contributed by atoms with Crippen LogP contribution < -0.4 is 9.88 Å². The molecule has 0 radical (unpaired) electrons. The molecule has 7 nitrogen and oxygen atoms in total. The van der Waals surface area contributed by atoms with Gasteiger partial charge in [0.2, 0.25) is 15.8 Å². The maximum atomic E-state index is 12.5. The number of esters is 1. The summed E-state index contributed by atoms with van der Waals surface area (Å²) in [5, 5.41) is 5.09. The number of rotatable bonds is 6. The van der Waals surface area contributed by atoms with Gasteiger partial charge in [-0.2, -0.15) is 0 Å². The first kappa shape index (κ1) is 20.6. The number of carbonyl (C=O) groups excluding carboxylic acids is 2. The van der Waals surface area contributed by atoms with Gasteiger partial charge in [-0.05, 0) is 50.1 Å². The number of sulfonamides is 1. The van der Waals surface area contributed by atoms with E-state index < -0.39 is 22.6 Å². The molecule has 0 amide bonds. The number of carbonyl (C=O) groups is 2. The summed E-state index contributed by atoms with van der Waals surface area (Å²) in [4.78, 5) is 24.6. The zero-order valence-corrected chi connectivity index (χ0v) is 16.3. The summed E-state index contributed by atoms with van der Waals surface area (Å²) >= 11 is 0. The molecule has 0 saturated heterocycles. The lowest BCUT2D eigenvalue weighted by atomic mass is 9.97. The molecule has 0 heterocycles. The number of primary sulfonamides is 1. The molecule has 2 aromatic carbocycles. The monoisotopic (exact) mass is 391 g/mol. The van der Waals surface area contributed by atoms with Crippen LogP contribution in [0.5, 0.6) is 5.75 Å². The Balaban J connectivity index is 2.25. The zero-order chi connectivity index (χ0) is 20.4. The lowest BCUT2D eigenvalue weighted by molar-refractivity contribution is 0.0471. The van der Waals surface area contributed by atoms with E-state index in [1.165, 1.54) is 19.2 Å². The van der Waals surface area contributed by atoms with Crippen molar-refractivity contribution in [2.75, 3.05) is 13.7 Å². The minimum absolute atomic E-state index is 0.113. The van der Waals surface area contributed by atoms with E-state index in [-0.39, 0.29) is 22.0 Å². The summed E-state index contributed by atoms with van der Waals surface area (Å²) in [5.41, 5.74) is 2.99. The number of methoxy groups -OCH3 is 1. The first-order valence-corrected chi connectivity index (χ1v) is 9.58. The van der Waals surface area contributed by atoms with E-state index in [0.717, 1.165) is 22.8 Å². The fourth-order valence-electron chi connectivity index (χ4n) is 2.92. The van der Waals surface area contributed by atoms with E-state index in [1.54, 1.807) is 0 Å². The van der Waals surface area contributed by atoms with Gasteiger partial charge in [-0.1, -0.05) is 17.7 Å². The van der Waals surface area contributed by atoms with Gasteiger partial charge in [-0.15, -0.1) is 0 Å². The van der Waals surface area contributed by atoms with E-state index in [1.807, 2.05) is 32.9 Å². The maximum absolute atomic E-state index is 12.5. The van der Waals surface area contributed by atoms with Crippen molar-refractivity contribution in [3.8, 4) is 5.75 Å². The second-order valence-corrected chi connectivity index (χ2v) is 7.74. The van der Waals surface area contributed by atoms with Gasteiger partial charge in [0, 0.05) is 5.56 Å². The first-order valence-electron chi connectivity index (χ1n) is 8.03. The number of nitrogens with two attached hydrogens (primary N) is 1. The topological polar surface area (TPSA) is 113 Å². The van der Waals surface area contributed by atoms with E-state index in [9.17, 15) is 18.0 Å². The average Bonchev–Trinajstić information content (AvgIpc) is 2.57. The Labute approximate surface area is 158 Å². The van der Waals surface area contributed by atoms with Crippen LogP contribution in [-0.4, -0.2) is 33.9 Å². The Bertz CT molecular complexity index is 988. The third-order valence-corrected chi connectivity index (χ3v) is 4.92. The summed E-state index contributed by atoms with van der Waals surface area (Å²) in [6.07, 6.45) is 0. The molecule has 0 aliphatic rings. The van der Waals surface area contributed by atoms with E-state index in [4.69, 9.17) is 14.6 Å². The molecule has 2 rings (SSSR count). The Morgan fingerprint density at radius 2 is 1.63 bits per heavy atom. The Morgan fingerprint density at radius 1 is 1.04 bits per heavy atom. The van der Waals surface area contributed by atoms with E-state index in [2.05, 4.69) is 0 Å². The van der Waals surface area contributed by atoms with Gasteiger partial charge in [-0.25, -0.2) is 18.4 Å². The predicted molar refractivity (Wildman–Crippen MR) is 99.6 cm³/mol. The maximum Gasteiger partial charge on any atom is 0.342 e. The van der Waals surface area contributed by atoms with Crippen LogP contribution in [0, 0.1) is 20.8 Å². The number of benzene rings is 2. The van der Waals surface area contributed by atoms with Crippen LogP contribution in [0.4, 0.5) is 0 Å². The Morgan fingerprint density at radius 3 is 2.15 bits per heavy atom. The first-order chi connectivity index (χ1) is 12.5. The largest absolute Gasteiger partial charge is 0.496 e. The molecule has 0 unspecified atom stereocenters. The quantitative estimate of drug-likeness (QED) is 0.597. The molecule has 0 saturated carbocycles. The van der Waals surface area contributed by atoms with Crippen molar-refractivity contribution < 1.29 is 27.5 Å². The molecule has 2 N–H and O–H groups in total. The Kier molecular flexibility index (Phi) is 6.02. The highest BCUT2D eigenvalue weighted by atomic mass is 32.2. The minimum atomic E-state index is -4.00. The molecule has 144 valence electrons. The molecule has 0 atom stereocenters. The third-order valence-electron chi connectivity index (χ3n) is 4.01. The third kappa shape index (κ3) is 4.72. The highest BCUT2D eigenvalue weighted by Crippen LogP contribution is 2.23. The molecule has 0 fully saturated rings. The highest BCUT2D eigenvalue weighted by Gasteiger charge is 2.21. The van der Waals surface area contributed by atoms with Crippen molar-refractivity contribution in [2.24, 2.45) is 5.14 Å². The SMILES string of the molecule is COc1ccc(S(N)(=O)=O)cc1C(=O)OCC(=O)c1c(C)cc(C)cc1C. The van der Waals surface area contributed by atoms with Crippen LogP contribution in [0.15, 0.2) is 35.2 Å². The summed E-state index contributed by atoms with van der Waals surface area (Å²) in [5.74, 6) is -1.12. The summed E-state index contributed by atoms with van der Waals surface area (Å²) < 4.78 is 33.1. The second kappa shape index (κ2) is 7.89. The lowest BCUT2D eigenvalue weighted by Crippen LogP contribution is -2.18. The fourth-order valence-corrected chi connectivity index (χ4v) is 3.46. The molecule has 8 heteroatoms. The van der Waals surface area contributed by atoms with Gasteiger partial charge in [0.25, 0.3) is 0 Å². The highest BCUT2D eigenvalue weighted by molar-refractivity contribution is 7.89. The number of Topliss-reactive ketones (excluding diaryl/α,β-unsaturated/α-hetero) is 1. The molecule has 27 heavy (non-hydrogen) atoms. The van der Waals surface area contributed by atoms with Crippen LogP contribution in [-0.2, 0) is 14.8 Å². The predicted octanol–water partition coefficient (Wildman–Crippen LogP) is 2.31. The zero-order valence-electron chi connectivity index (χ0n) is 15.5. The number of hydrogen-bond donors (Lipinski definition) is 1. The smallest absolute Gasteiger partial charge is 0.342 e. The molecule has 0 aliphatic heterocycles. The number of aryl methyl sites for hydroxylation is 3. The molecular weight excluding hydrogens is 370 g/mol. The van der Waals surface area contributed by atoms with Crippen LogP contribution in [0.3, 0.4) is 0 Å². The normalized spacial score (nSPS) is 11.1. The molecule has 0 aliphatic carbocycles. The Hall–Kier alpha value is -2.71. The van der Waals surface area contributed by atoms with Crippen LogP contribution >= 0.6 is 0 Å². The second-order valence-electron chi connectivity index (χ2n) is 6.18. The van der Waals surface area contributed by atoms with Gasteiger partial charge in [-0.3, -0.25) is 4.79 Å². The fraction of sp³-hybridized carbons (Fsp3) is 0.263. The number of ketones is 1. The summed E-state index contributed by atoms with van der Waals surface area (Å²) in [7, 11) is -2.68. The average molecular weight is 391 g/mol. The van der Waals surface area contributed by atoms with Crippen molar-refractivity contribution >= 4 is 21.8 Å². The molecule has 0 spiro atoms. The summed E-state index contributed by atoms with van der Waals surface area (Å²) in [6, 6.07) is 7.33. The van der Waals surface area contributed by atoms with Gasteiger partial charge < -0.3 is 9.47 Å². The minimum Gasteiger partial charge on any atom is -0.496 e.